The molecule has 1 heterocycles. The monoisotopic (exact) mass is 287 g/mol. The Balaban J connectivity index is 2.28. The fraction of sp³-hybridized carbons (Fsp3) is 0.267. The van der Waals surface area contributed by atoms with Crippen LogP contribution in [0.25, 0.3) is 0 Å². The fourth-order valence-corrected chi connectivity index (χ4v) is 2.08. The third-order valence-corrected chi connectivity index (χ3v) is 2.98. The Kier molecular flexibility index (Phi) is 4.37. The van der Waals surface area contributed by atoms with Gasteiger partial charge >= 0.3 is 5.97 Å². The minimum atomic E-state index is -1.13. The van der Waals surface area contributed by atoms with E-state index in [9.17, 15) is 9.59 Å². The van der Waals surface area contributed by atoms with Gasteiger partial charge < -0.3 is 10.4 Å². The van der Waals surface area contributed by atoms with Crippen LogP contribution < -0.4 is 5.32 Å². The molecule has 0 aliphatic carbocycles. The van der Waals surface area contributed by atoms with Crippen molar-refractivity contribution in [3.63, 3.8) is 0 Å². The van der Waals surface area contributed by atoms with Crippen molar-refractivity contribution in [2.45, 2.75) is 26.8 Å². The van der Waals surface area contributed by atoms with Crippen LogP contribution in [0.15, 0.2) is 30.3 Å². The van der Waals surface area contributed by atoms with Crippen LogP contribution in [-0.4, -0.2) is 26.8 Å². The van der Waals surface area contributed by atoms with Crippen LogP contribution in [0.3, 0.4) is 0 Å². The van der Waals surface area contributed by atoms with Crippen LogP contribution in [0.2, 0.25) is 0 Å². The molecule has 0 saturated heterocycles. The van der Waals surface area contributed by atoms with E-state index in [2.05, 4.69) is 10.4 Å². The van der Waals surface area contributed by atoms with Gasteiger partial charge in [0.15, 0.2) is 0 Å². The molecule has 2 N–H and O–H groups in total. The van der Waals surface area contributed by atoms with Crippen LogP contribution in [0, 0.1) is 6.92 Å². The van der Waals surface area contributed by atoms with E-state index in [1.54, 1.807) is 22.9 Å². The number of carbonyl (C=O) groups is 2. The van der Waals surface area contributed by atoms with Crippen LogP contribution in [-0.2, 0) is 6.54 Å². The zero-order valence-electron chi connectivity index (χ0n) is 12.0. The molecule has 110 valence electrons. The molecule has 0 radical (unpaired) electrons. The highest BCUT2D eigenvalue weighted by Gasteiger charge is 2.17. The van der Waals surface area contributed by atoms with Crippen molar-refractivity contribution in [2.24, 2.45) is 0 Å². The van der Waals surface area contributed by atoms with E-state index < -0.39 is 11.9 Å². The number of benzene rings is 1. The molecular weight excluding hydrogens is 270 g/mol. The Morgan fingerprint density at radius 2 is 1.95 bits per heavy atom. The van der Waals surface area contributed by atoms with Crippen LogP contribution >= 0.6 is 0 Å². The van der Waals surface area contributed by atoms with Gasteiger partial charge in [-0.2, -0.15) is 5.10 Å². The van der Waals surface area contributed by atoms with Gasteiger partial charge in [-0.3, -0.25) is 4.79 Å². The Labute approximate surface area is 122 Å². The number of carboxylic acids is 1. The van der Waals surface area contributed by atoms with E-state index in [0.29, 0.717) is 12.4 Å². The van der Waals surface area contributed by atoms with Gasteiger partial charge in [0.25, 0.3) is 5.91 Å². The third-order valence-electron chi connectivity index (χ3n) is 2.98. The molecule has 1 aromatic heterocycles. The highest BCUT2D eigenvalue weighted by molar-refractivity contribution is 6.10. The number of carboxylic acid groups (broad SMARTS) is 1. The first-order chi connectivity index (χ1) is 10.0. The van der Waals surface area contributed by atoms with Gasteiger partial charge in [0.05, 0.1) is 16.8 Å². The Bertz CT molecular complexity index is 677. The molecule has 0 spiro atoms. The van der Waals surface area contributed by atoms with Crippen molar-refractivity contribution in [2.75, 3.05) is 5.32 Å². The summed E-state index contributed by atoms with van der Waals surface area (Å²) in [5, 5.41) is 16.1. The van der Waals surface area contributed by atoms with Crippen molar-refractivity contribution < 1.29 is 14.7 Å². The minimum absolute atomic E-state index is 0.0201. The molecule has 0 bridgehead atoms. The molecule has 0 atom stereocenters. The maximum absolute atomic E-state index is 12.3. The van der Waals surface area contributed by atoms with Gasteiger partial charge in [0, 0.05) is 12.6 Å². The lowest BCUT2D eigenvalue weighted by atomic mass is 10.1. The summed E-state index contributed by atoms with van der Waals surface area (Å²) >= 11 is 0. The van der Waals surface area contributed by atoms with Crippen molar-refractivity contribution in [3.05, 3.63) is 47.2 Å². The SMILES string of the molecule is CCCn1nc(C)cc1NC(=O)c1ccccc1C(=O)O. The predicted octanol–water partition coefficient (Wildman–Crippen LogP) is 2.55. The molecular formula is C15H17N3O3. The molecule has 1 amide bonds. The number of anilines is 1. The van der Waals surface area contributed by atoms with Gasteiger partial charge in [0.1, 0.15) is 5.82 Å². The molecule has 0 aliphatic rings. The number of rotatable bonds is 5. The molecule has 1 aromatic carbocycles. The van der Waals surface area contributed by atoms with Crippen LogP contribution in [0.4, 0.5) is 5.82 Å². The molecule has 0 aliphatic heterocycles. The summed E-state index contributed by atoms with van der Waals surface area (Å²) in [6, 6.07) is 7.89. The van der Waals surface area contributed by atoms with Gasteiger partial charge in [-0.25, -0.2) is 9.48 Å². The lowest BCUT2D eigenvalue weighted by Crippen LogP contribution is -2.18. The average molecular weight is 287 g/mol. The summed E-state index contributed by atoms with van der Waals surface area (Å²) in [6.45, 7) is 4.54. The number of nitrogens with one attached hydrogen (secondary N) is 1. The smallest absolute Gasteiger partial charge is 0.336 e. The Morgan fingerprint density at radius 3 is 2.57 bits per heavy atom. The minimum Gasteiger partial charge on any atom is -0.478 e. The van der Waals surface area contributed by atoms with Gasteiger partial charge in [0.2, 0.25) is 0 Å². The largest absolute Gasteiger partial charge is 0.478 e. The van der Waals surface area contributed by atoms with E-state index >= 15 is 0 Å². The van der Waals surface area contributed by atoms with Crippen molar-refractivity contribution >= 4 is 17.7 Å². The summed E-state index contributed by atoms with van der Waals surface area (Å²) in [5.41, 5.74) is 0.908. The standard InChI is InChI=1S/C15H17N3O3/c1-3-8-18-13(9-10(2)17-18)16-14(19)11-6-4-5-7-12(11)15(20)21/h4-7,9H,3,8H2,1-2H3,(H,16,19)(H,20,21). The van der Waals surface area contributed by atoms with E-state index in [1.165, 1.54) is 12.1 Å². The maximum Gasteiger partial charge on any atom is 0.336 e. The summed E-state index contributed by atoms with van der Waals surface area (Å²) < 4.78 is 1.70. The van der Waals surface area contributed by atoms with E-state index in [4.69, 9.17) is 5.11 Å². The Morgan fingerprint density at radius 1 is 1.29 bits per heavy atom. The Hall–Kier alpha value is -2.63. The highest BCUT2D eigenvalue weighted by Crippen LogP contribution is 2.15. The topological polar surface area (TPSA) is 84.2 Å². The summed E-state index contributed by atoms with van der Waals surface area (Å²) in [6.07, 6.45) is 0.885. The zero-order valence-corrected chi connectivity index (χ0v) is 12.0. The number of amides is 1. The quantitative estimate of drug-likeness (QED) is 0.885. The van der Waals surface area contributed by atoms with Crippen molar-refractivity contribution in [1.29, 1.82) is 0 Å². The molecule has 0 unspecified atom stereocenters. The summed E-state index contributed by atoms with van der Waals surface area (Å²) in [4.78, 5) is 23.4. The lowest BCUT2D eigenvalue weighted by molar-refractivity contribution is 0.0692. The number of hydrogen-bond donors (Lipinski definition) is 2. The van der Waals surface area contributed by atoms with Crippen LogP contribution in [0.1, 0.15) is 39.8 Å². The fourth-order valence-electron chi connectivity index (χ4n) is 2.08. The van der Waals surface area contributed by atoms with Crippen molar-refractivity contribution in [1.82, 2.24) is 9.78 Å². The van der Waals surface area contributed by atoms with E-state index in [0.717, 1.165) is 12.1 Å². The molecule has 0 saturated carbocycles. The van der Waals surface area contributed by atoms with Crippen molar-refractivity contribution in [3.8, 4) is 0 Å². The predicted molar refractivity (Wildman–Crippen MR) is 78.6 cm³/mol. The second kappa shape index (κ2) is 6.21. The number of aryl methyl sites for hydroxylation is 2. The lowest BCUT2D eigenvalue weighted by Gasteiger charge is -2.09. The normalized spacial score (nSPS) is 10.4. The zero-order chi connectivity index (χ0) is 15.4. The average Bonchev–Trinajstić information content (AvgIpc) is 2.79. The molecule has 21 heavy (non-hydrogen) atoms. The summed E-state index contributed by atoms with van der Waals surface area (Å²) in [5.74, 6) is -1.01. The molecule has 6 nitrogen and oxygen atoms in total. The molecule has 2 aromatic rings. The highest BCUT2D eigenvalue weighted by atomic mass is 16.4. The number of aromatic nitrogens is 2. The van der Waals surface area contributed by atoms with Gasteiger partial charge in [-0.05, 0) is 25.5 Å². The van der Waals surface area contributed by atoms with E-state index in [1.807, 2.05) is 13.8 Å². The number of aromatic carboxylic acids is 1. The molecule has 0 fully saturated rings. The first-order valence-corrected chi connectivity index (χ1v) is 6.71. The van der Waals surface area contributed by atoms with Crippen LogP contribution in [0.5, 0.6) is 0 Å². The first kappa shape index (κ1) is 14.8. The third kappa shape index (κ3) is 3.28. The van der Waals surface area contributed by atoms with Gasteiger partial charge in [-0.15, -0.1) is 0 Å². The second-order valence-corrected chi connectivity index (χ2v) is 4.70. The number of nitrogens with zero attached hydrogens (tertiary/aromatic N) is 2. The second-order valence-electron chi connectivity index (χ2n) is 4.70. The maximum atomic E-state index is 12.3. The molecule has 2 rings (SSSR count). The molecule has 6 heteroatoms. The van der Waals surface area contributed by atoms with E-state index in [-0.39, 0.29) is 11.1 Å². The van der Waals surface area contributed by atoms with Gasteiger partial charge in [-0.1, -0.05) is 19.1 Å². The summed E-state index contributed by atoms with van der Waals surface area (Å²) in [7, 11) is 0. The number of carbonyl (C=O) groups excluding carboxylic acids is 1. The number of hydrogen-bond acceptors (Lipinski definition) is 3. The first-order valence-electron chi connectivity index (χ1n) is 6.71.